The smallest absolute Gasteiger partial charge is 0.300 e. The average molecular weight is 430 g/mol. The van der Waals surface area contributed by atoms with Crippen LogP contribution in [-0.4, -0.2) is 28.8 Å². The number of carbonyl (C=O) groups excluding carboxylic acids is 2. The first-order chi connectivity index (χ1) is 15.4. The Hall–Kier alpha value is -4.46. The Bertz CT molecular complexity index is 1230. The van der Waals surface area contributed by atoms with Crippen molar-refractivity contribution in [2.75, 3.05) is 12.0 Å². The zero-order chi connectivity index (χ0) is 22.8. The number of nitro benzene ring substituents is 1. The van der Waals surface area contributed by atoms with E-state index in [4.69, 9.17) is 4.74 Å². The summed E-state index contributed by atoms with van der Waals surface area (Å²) in [5.41, 5.74) is 0.918. The number of para-hydroxylation sites is 2. The predicted octanol–water partition coefficient (Wildman–Crippen LogP) is 4.23. The normalized spacial score (nSPS) is 17.4. The molecule has 8 nitrogen and oxygen atoms in total. The summed E-state index contributed by atoms with van der Waals surface area (Å²) in [5.74, 6) is -1.69. The minimum Gasteiger partial charge on any atom is -0.507 e. The summed E-state index contributed by atoms with van der Waals surface area (Å²) >= 11 is 0. The summed E-state index contributed by atoms with van der Waals surface area (Å²) in [6.07, 6.45) is 0. The highest BCUT2D eigenvalue weighted by atomic mass is 16.6. The van der Waals surface area contributed by atoms with Crippen molar-refractivity contribution in [2.45, 2.75) is 6.04 Å². The summed E-state index contributed by atoms with van der Waals surface area (Å²) in [6.45, 7) is 0. The van der Waals surface area contributed by atoms with Gasteiger partial charge in [0.15, 0.2) is 0 Å². The lowest BCUT2D eigenvalue weighted by Gasteiger charge is -2.26. The lowest BCUT2D eigenvalue weighted by atomic mass is 9.95. The van der Waals surface area contributed by atoms with Gasteiger partial charge in [-0.05, 0) is 29.8 Å². The number of benzene rings is 3. The van der Waals surface area contributed by atoms with Crippen LogP contribution in [0.2, 0.25) is 0 Å². The third-order valence-corrected chi connectivity index (χ3v) is 5.26. The quantitative estimate of drug-likeness (QED) is 0.213. The molecule has 1 fully saturated rings. The Morgan fingerprint density at radius 2 is 1.59 bits per heavy atom. The lowest BCUT2D eigenvalue weighted by Crippen LogP contribution is -2.29. The topological polar surface area (TPSA) is 110 Å². The van der Waals surface area contributed by atoms with Crippen molar-refractivity contribution >= 4 is 28.8 Å². The number of anilines is 1. The maximum absolute atomic E-state index is 13.1. The zero-order valence-corrected chi connectivity index (χ0v) is 17.0. The molecule has 1 amide bonds. The van der Waals surface area contributed by atoms with E-state index in [1.165, 1.54) is 36.3 Å². The van der Waals surface area contributed by atoms with Gasteiger partial charge in [-0.25, -0.2) is 0 Å². The summed E-state index contributed by atoms with van der Waals surface area (Å²) < 4.78 is 5.39. The fraction of sp³-hybridized carbons (Fsp3) is 0.0833. The van der Waals surface area contributed by atoms with Crippen LogP contribution in [0.3, 0.4) is 0 Å². The number of aliphatic hydroxyl groups excluding tert-OH is 1. The van der Waals surface area contributed by atoms with Gasteiger partial charge in [-0.15, -0.1) is 0 Å². The number of ether oxygens (including phenoxy) is 1. The summed E-state index contributed by atoms with van der Waals surface area (Å²) in [6, 6.07) is 19.8. The highest BCUT2D eigenvalue weighted by molar-refractivity contribution is 6.51. The van der Waals surface area contributed by atoms with Gasteiger partial charge in [0.1, 0.15) is 11.5 Å². The molecule has 1 saturated heterocycles. The predicted molar refractivity (Wildman–Crippen MR) is 117 cm³/mol. The molecule has 0 spiro atoms. The first-order valence-corrected chi connectivity index (χ1v) is 9.68. The molecule has 1 aliphatic rings. The lowest BCUT2D eigenvalue weighted by molar-refractivity contribution is -0.384. The molecule has 0 bridgehead atoms. The van der Waals surface area contributed by atoms with E-state index < -0.39 is 28.4 Å². The van der Waals surface area contributed by atoms with Crippen molar-refractivity contribution in [1.82, 2.24) is 0 Å². The van der Waals surface area contributed by atoms with Crippen LogP contribution in [0, 0.1) is 10.1 Å². The largest absolute Gasteiger partial charge is 0.507 e. The SMILES string of the molecule is COc1ccccc1N1C(=O)C(=O)/C(=C(\O)c2ccc([N+](=O)[O-])cc2)C1c1ccccc1. The van der Waals surface area contributed by atoms with E-state index in [1.807, 2.05) is 0 Å². The molecule has 8 heteroatoms. The number of ketones is 1. The molecule has 0 radical (unpaired) electrons. The van der Waals surface area contributed by atoms with Gasteiger partial charge in [0.2, 0.25) is 0 Å². The highest BCUT2D eigenvalue weighted by Crippen LogP contribution is 2.44. The van der Waals surface area contributed by atoms with E-state index in [0.29, 0.717) is 17.0 Å². The fourth-order valence-electron chi connectivity index (χ4n) is 3.76. The number of Topliss-reactive ketones (excluding diaryl/α,β-unsaturated/α-hetero) is 1. The van der Waals surface area contributed by atoms with Gasteiger partial charge in [0, 0.05) is 17.7 Å². The maximum atomic E-state index is 13.1. The number of nitro groups is 1. The molecule has 3 aromatic carbocycles. The number of nitrogens with zero attached hydrogens (tertiary/aromatic N) is 2. The van der Waals surface area contributed by atoms with Crippen LogP contribution in [0.25, 0.3) is 5.76 Å². The second-order valence-electron chi connectivity index (χ2n) is 7.06. The van der Waals surface area contributed by atoms with Gasteiger partial charge in [-0.1, -0.05) is 42.5 Å². The van der Waals surface area contributed by atoms with Crippen LogP contribution < -0.4 is 9.64 Å². The number of methoxy groups -OCH3 is 1. The standard InChI is InChI=1S/C24H18N2O6/c1-32-19-10-6-5-9-18(19)25-21(15-7-3-2-4-8-15)20(23(28)24(25)29)22(27)16-11-13-17(14-12-16)26(30)31/h2-14,21,27H,1H3/b22-20-. The van der Waals surface area contributed by atoms with E-state index in [-0.39, 0.29) is 16.8 Å². The Balaban J connectivity index is 1.93. The third kappa shape index (κ3) is 3.47. The summed E-state index contributed by atoms with van der Waals surface area (Å²) in [7, 11) is 1.46. The van der Waals surface area contributed by atoms with Crippen molar-refractivity contribution < 1.29 is 24.4 Å². The second kappa shape index (κ2) is 8.35. The van der Waals surface area contributed by atoms with E-state index in [9.17, 15) is 24.8 Å². The molecule has 1 atom stereocenters. The maximum Gasteiger partial charge on any atom is 0.300 e. The van der Waals surface area contributed by atoms with E-state index >= 15 is 0 Å². The van der Waals surface area contributed by atoms with Crippen LogP contribution in [0.15, 0.2) is 84.4 Å². The fourth-order valence-corrected chi connectivity index (χ4v) is 3.76. The minimum atomic E-state index is -0.914. The van der Waals surface area contributed by atoms with Crippen LogP contribution in [0.5, 0.6) is 5.75 Å². The monoisotopic (exact) mass is 430 g/mol. The molecule has 1 N–H and O–H groups in total. The molecule has 1 unspecified atom stereocenters. The first kappa shape index (κ1) is 20.8. The number of carbonyl (C=O) groups is 2. The molecule has 0 aliphatic carbocycles. The van der Waals surface area contributed by atoms with Crippen molar-refractivity contribution in [1.29, 1.82) is 0 Å². The highest BCUT2D eigenvalue weighted by Gasteiger charge is 2.47. The first-order valence-electron chi connectivity index (χ1n) is 9.68. The molecule has 1 aliphatic heterocycles. The Labute approximate surface area is 183 Å². The summed E-state index contributed by atoms with van der Waals surface area (Å²) in [5, 5.41) is 22.0. The van der Waals surface area contributed by atoms with Crippen molar-refractivity contribution in [3.63, 3.8) is 0 Å². The molecule has 160 valence electrons. The molecular weight excluding hydrogens is 412 g/mol. The van der Waals surface area contributed by atoms with Gasteiger partial charge < -0.3 is 9.84 Å². The van der Waals surface area contributed by atoms with Crippen LogP contribution >= 0.6 is 0 Å². The number of hydrogen-bond donors (Lipinski definition) is 1. The number of non-ortho nitro benzene ring substituents is 1. The van der Waals surface area contributed by atoms with Gasteiger partial charge >= 0.3 is 0 Å². The molecule has 0 saturated carbocycles. The Kier molecular flexibility index (Phi) is 5.43. The molecular formula is C24H18N2O6. The molecule has 4 rings (SSSR count). The van der Waals surface area contributed by atoms with Crippen LogP contribution in [0.1, 0.15) is 17.2 Å². The summed E-state index contributed by atoms with van der Waals surface area (Å²) in [4.78, 5) is 37.9. The number of rotatable bonds is 5. The Morgan fingerprint density at radius 3 is 2.22 bits per heavy atom. The molecule has 3 aromatic rings. The molecule has 0 aromatic heterocycles. The zero-order valence-electron chi connectivity index (χ0n) is 17.0. The average Bonchev–Trinajstić information content (AvgIpc) is 3.09. The third-order valence-electron chi connectivity index (χ3n) is 5.26. The van der Waals surface area contributed by atoms with Gasteiger partial charge in [0.25, 0.3) is 17.4 Å². The van der Waals surface area contributed by atoms with Crippen LogP contribution in [0.4, 0.5) is 11.4 Å². The molecule has 1 heterocycles. The number of aliphatic hydroxyl groups is 1. The van der Waals surface area contributed by atoms with E-state index in [2.05, 4.69) is 0 Å². The Morgan fingerprint density at radius 1 is 0.969 bits per heavy atom. The number of amides is 1. The molecule has 32 heavy (non-hydrogen) atoms. The van der Waals surface area contributed by atoms with Gasteiger partial charge in [-0.2, -0.15) is 0 Å². The van der Waals surface area contributed by atoms with Crippen molar-refractivity contribution in [3.05, 3.63) is 106 Å². The number of hydrogen-bond acceptors (Lipinski definition) is 6. The van der Waals surface area contributed by atoms with Gasteiger partial charge in [-0.3, -0.25) is 24.6 Å². The van der Waals surface area contributed by atoms with Crippen LogP contribution in [-0.2, 0) is 9.59 Å². The van der Waals surface area contributed by atoms with Gasteiger partial charge in [0.05, 0.1) is 29.3 Å². The van der Waals surface area contributed by atoms with Crippen molar-refractivity contribution in [2.24, 2.45) is 0 Å². The van der Waals surface area contributed by atoms with Crippen molar-refractivity contribution in [3.8, 4) is 5.75 Å². The second-order valence-corrected chi connectivity index (χ2v) is 7.06. The van der Waals surface area contributed by atoms with E-state index in [0.717, 1.165) is 0 Å². The van der Waals surface area contributed by atoms with E-state index in [1.54, 1.807) is 54.6 Å². The minimum absolute atomic E-state index is 0.110.